The van der Waals surface area contributed by atoms with Gasteiger partial charge in [0.2, 0.25) is 6.41 Å². The minimum atomic E-state index is -3.77. The average Bonchev–Trinajstić information content (AvgIpc) is 2.78. The first-order valence-electron chi connectivity index (χ1n) is 10.3. The number of amides is 1. The summed E-state index contributed by atoms with van der Waals surface area (Å²) in [6, 6.07) is 9.55. The van der Waals surface area contributed by atoms with E-state index in [1.807, 2.05) is 0 Å². The van der Waals surface area contributed by atoms with E-state index in [1.165, 1.54) is 21.6 Å². The molecule has 0 spiro atoms. The number of hydrogen-bond acceptors (Lipinski definition) is 6. The maximum absolute atomic E-state index is 13.2. The summed E-state index contributed by atoms with van der Waals surface area (Å²) in [7, 11) is -3.77. The van der Waals surface area contributed by atoms with Gasteiger partial charge >= 0.3 is 0 Å². The molecule has 0 saturated carbocycles. The van der Waals surface area contributed by atoms with Crippen LogP contribution in [0.4, 0.5) is 0 Å². The molecule has 0 unspecified atom stereocenters. The van der Waals surface area contributed by atoms with Crippen molar-refractivity contribution in [3.63, 3.8) is 0 Å². The Balaban J connectivity index is 1.59. The minimum Gasteiger partial charge on any atom is -0.373 e. The zero-order valence-electron chi connectivity index (χ0n) is 17.9. The number of sulfonamides is 1. The third-order valence-corrected chi connectivity index (χ3v) is 7.53. The van der Waals surface area contributed by atoms with Crippen LogP contribution in [0.25, 0.3) is 0 Å². The number of benzene rings is 1. The fraction of sp³-hybridized carbons (Fsp3) is 0.455. The van der Waals surface area contributed by atoms with Gasteiger partial charge in [-0.2, -0.15) is 4.31 Å². The molecule has 0 aliphatic carbocycles. The Labute approximate surface area is 183 Å². The van der Waals surface area contributed by atoms with Gasteiger partial charge in [-0.3, -0.25) is 10.0 Å². The van der Waals surface area contributed by atoms with E-state index >= 15 is 0 Å². The molecule has 1 aromatic carbocycles. The third-order valence-electron chi connectivity index (χ3n) is 5.62. The molecule has 0 atom stereocenters. The Bertz CT molecular complexity index is 1000. The molecular weight excluding hydrogens is 418 g/mol. The van der Waals surface area contributed by atoms with Crippen molar-refractivity contribution >= 4 is 16.4 Å². The second-order valence-electron chi connectivity index (χ2n) is 7.82. The molecule has 9 heteroatoms. The van der Waals surface area contributed by atoms with Crippen LogP contribution in [0.2, 0.25) is 0 Å². The second-order valence-corrected chi connectivity index (χ2v) is 9.67. The number of ether oxygens (including phenoxy) is 1. The summed E-state index contributed by atoms with van der Waals surface area (Å²) in [5, 5.41) is 9.79. The normalized spacial score (nSPS) is 15.7. The molecular formula is C22H29N3O5S. The van der Waals surface area contributed by atoms with Crippen LogP contribution in [0.1, 0.15) is 35.1 Å². The Morgan fingerprint density at radius 3 is 2.65 bits per heavy atom. The van der Waals surface area contributed by atoms with Crippen molar-refractivity contribution in [2.75, 3.05) is 19.6 Å². The van der Waals surface area contributed by atoms with Crippen LogP contribution >= 0.6 is 0 Å². The van der Waals surface area contributed by atoms with E-state index in [0.717, 1.165) is 5.56 Å². The molecule has 1 aliphatic rings. The van der Waals surface area contributed by atoms with Crippen LogP contribution in [-0.2, 0) is 32.6 Å². The van der Waals surface area contributed by atoms with Gasteiger partial charge < -0.3 is 4.74 Å². The van der Waals surface area contributed by atoms with Gasteiger partial charge in [-0.15, -0.1) is 0 Å². The summed E-state index contributed by atoms with van der Waals surface area (Å²) in [4.78, 5) is 14.7. The summed E-state index contributed by atoms with van der Waals surface area (Å²) in [6.07, 6.45) is 3.14. The molecule has 8 nitrogen and oxygen atoms in total. The highest BCUT2D eigenvalue weighted by atomic mass is 32.2. The number of aromatic nitrogens is 1. The number of carbonyl (C=O) groups excluding carboxylic acids is 1. The van der Waals surface area contributed by atoms with Crippen molar-refractivity contribution in [3.8, 4) is 0 Å². The quantitative estimate of drug-likeness (QED) is 0.360. The zero-order valence-corrected chi connectivity index (χ0v) is 18.7. The van der Waals surface area contributed by atoms with E-state index < -0.39 is 10.0 Å². The molecule has 31 heavy (non-hydrogen) atoms. The van der Waals surface area contributed by atoms with Crippen molar-refractivity contribution in [1.82, 2.24) is 14.4 Å². The number of hydroxylamine groups is 2. The van der Waals surface area contributed by atoms with Gasteiger partial charge in [-0.25, -0.2) is 18.5 Å². The number of aryl methyl sites for hydroxylation is 2. The molecule has 2 aromatic rings. The Kier molecular flexibility index (Phi) is 7.77. The zero-order chi connectivity index (χ0) is 22.4. The SMILES string of the molecule is Cc1ccc(COC2CCN(S(=O)(=O)c3ncccc3CCN(O)C=O)CC2)cc1C. The van der Waals surface area contributed by atoms with Crippen molar-refractivity contribution in [2.45, 2.75) is 50.8 Å². The first-order valence-corrected chi connectivity index (χ1v) is 11.8. The van der Waals surface area contributed by atoms with Crippen molar-refractivity contribution in [1.29, 1.82) is 0 Å². The van der Waals surface area contributed by atoms with Crippen LogP contribution in [0.15, 0.2) is 41.6 Å². The first-order chi connectivity index (χ1) is 14.8. The molecule has 168 valence electrons. The lowest BCUT2D eigenvalue weighted by Crippen LogP contribution is -2.41. The van der Waals surface area contributed by atoms with Gasteiger partial charge in [0.15, 0.2) is 5.03 Å². The monoisotopic (exact) mass is 447 g/mol. The molecule has 1 saturated heterocycles. The topological polar surface area (TPSA) is 100 Å². The first kappa shape index (κ1) is 23.3. The van der Waals surface area contributed by atoms with Gasteiger partial charge in [-0.1, -0.05) is 24.3 Å². The van der Waals surface area contributed by atoms with Crippen LogP contribution in [0.5, 0.6) is 0 Å². The van der Waals surface area contributed by atoms with Crippen LogP contribution < -0.4 is 0 Å². The largest absolute Gasteiger partial charge is 0.373 e. The van der Waals surface area contributed by atoms with Crippen molar-refractivity contribution < 1.29 is 23.2 Å². The van der Waals surface area contributed by atoms with E-state index in [0.29, 0.717) is 43.2 Å². The number of carbonyl (C=O) groups is 1. The molecule has 2 heterocycles. The summed E-state index contributed by atoms with van der Waals surface area (Å²) >= 11 is 0. The average molecular weight is 448 g/mol. The number of piperidine rings is 1. The molecule has 1 fully saturated rings. The minimum absolute atomic E-state index is 0.00630. The lowest BCUT2D eigenvalue weighted by Gasteiger charge is -2.31. The summed E-state index contributed by atoms with van der Waals surface area (Å²) in [6.45, 7) is 5.37. The number of hydrogen-bond donors (Lipinski definition) is 1. The van der Waals surface area contributed by atoms with Gasteiger partial charge in [0.1, 0.15) is 0 Å². The molecule has 1 aliphatic heterocycles. The summed E-state index contributed by atoms with van der Waals surface area (Å²) in [5.74, 6) is 0. The maximum atomic E-state index is 13.2. The predicted octanol–water partition coefficient (Wildman–Crippen LogP) is 2.46. The van der Waals surface area contributed by atoms with Crippen LogP contribution in [0, 0.1) is 13.8 Å². The smallest absolute Gasteiger partial charge is 0.260 e. The Morgan fingerprint density at radius 1 is 1.23 bits per heavy atom. The number of nitrogens with zero attached hydrogens (tertiary/aromatic N) is 3. The Morgan fingerprint density at radius 2 is 1.97 bits per heavy atom. The van der Waals surface area contributed by atoms with Gasteiger partial charge in [0, 0.05) is 19.3 Å². The summed E-state index contributed by atoms with van der Waals surface area (Å²) < 4.78 is 33.8. The molecule has 0 bridgehead atoms. The van der Waals surface area contributed by atoms with Gasteiger partial charge in [0.05, 0.1) is 19.3 Å². The van der Waals surface area contributed by atoms with Crippen molar-refractivity contribution in [3.05, 3.63) is 58.8 Å². The Hall–Kier alpha value is -2.33. The molecule has 1 aromatic heterocycles. The fourth-order valence-electron chi connectivity index (χ4n) is 3.60. The number of pyridine rings is 1. The highest BCUT2D eigenvalue weighted by Gasteiger charge is 2.32. The standard InChI is InChI=1S/C22H29N3O5S/c1-17-5-6-19(14-18(17)2)15-30-21-8-12-25(13-9-21)31(28,29)22-20(4-3-10-23-22)7-11-24(27)16-26/h3-6,10,14,16,21,27H,7-9,11-13,15H2,1-2H3. The van der Waals surface area contributed by atoms with E-state index in [9.17, 15) is 18.4 Å². The molecule has 3 rings (SSSR count). The maximum Gasteiger partial charge on any atom is 0.260 e. The summed E-state index contributed by atoms with van der Waals surface area (Å²) in [5.41, 5.74) is 4.06. The van der Waals surface area contributed by atoms with Gasteiger partial charge in [0.25, 0.3) is 10.0 Å². The van der Waals surface area contributed by atoms with Crippen LogP contribution in [-0.4, -0.2) is 60.1 Å². The van der Waals surface area contributed by atoms with E-state index in [4.69, 9.17) is 4.74 Å². The molecule has 0 radical (unpaired) electrons. The third kappa shape index (κ3) is 5.88. The lowest BCUT2D eigenvalue weighted by atomic mass is 10.1. The lowest BCUT2D eigenvalue weighted by molar-refractivity contribution is -0.149. The van der Waals surface area contributed by atoms with Crippen LogP contribution in [0.3, 0.4) is 0 Å². The van der Waals surface area contributed by atoms with E-state index in [1.54, 1.807) is 12.1 Å². The van der Waals surface area contributed by atoms with Crippen molar-refractivity contribution in [2.24, 2.45) is 0 Å². The van der Waals surface area contributed by atoms with Gasteiger partial charge in [-0.05, 0) is 61.4 Å². The van der Waals surface area contributed by atoms with E-state index in [2.05, 4.69) is 37.0 Å². The number of rotatable bonds is 9. The highest BCUT2D eigenvalue weighted by molar-refractivity contribution is 7.89. The highest BCUT2D eigenvalue weighted by Crippen LogP contribution is 2.24. The second kappa shape index (κ2) is 10.3. The molecule has 1 N–H and O–H groups in total. The van der Waals surface area contributed by atoms with E-state index in [-0.39, 0.29) is 30.5 Å². The fourth-order valence-corrected chi connectivity index (χ4v) is 5.23. The predicted molar refractivity (Wildman–Crippen MR) is 115 cm³/mol. The molecule has 1 amide bonds.